The van der Waals surface area contributed by atoms with Gasteiger partial charge in [0.1, 0.15) is 6.04 Å². The van der Waals surface area contributed by atoms with Crippen LogP contribution in [0.2, 0.25) is 0 Å². The molecule has 0 fully saturated rings. The van der Waals surface area contributed by atoms with Crippen LogP contribution < -0.4 is 0 Å². The first-order valence-electron chi connectivity index (χ1n) is 10.9. The van der Waals surface area contributed by atoms with Gasteiger partial charge in [-0.3, -0.25) is 4.79 Å². The van der Waals surface area contributed by atoms with Crippen LogP contribution in [0.5, 0.6) is 0 Å². The van der Waals surface area contributed by atoms with Gasteiger partial charge in [-0.25, -0.2) is 9.89 Å². The minimum absolute atomic E-state index is 0. The van der Waals surface area contributed by atoms with Crippen molar-refractivity contribution in [2.45, 2.75) is 52.6 Å². The van der Waals surface area contributed by atoms with E-state index in [4.69, 9.17) is 0 Å². The second-order valence-corrected chi connectivity index (χ2v) is 8.14. The number of benzene rings is 2. The number of carboxylic acid groups (broad SMARTS) is 1. The van der Waals surface area contributed by atoms with Crippen molar-refractivity contribution in [2.75, 3.05) is 0 Å². The molecular formula is C24H30N5NaO3. The fourth-order valence-corrected chi connectivity index (χ4v) is 3.79. The Balaban J connectivity index is 0.00000385. The molecule has 0 aliphatic carbocycles. The van der Waals surface area contributed by atoms with Gasteiger partial charge in [0.15, 0.2) is 5.82 Å². The van der Waals surface area contributed by atoms with Crippen molar-refractivity contribution in [3.05, 3.63) is 54.1 Å². The van der Waals surface area contributed by atoms with Gasteiger partial charge in [0, 0.05) is 18.5 Å². The number of carbonyl (C=O) groups excluding carboxylic acids is 1. The van der Waals surface area contributed by atoms with Crippen LogP contribution in [-0.2, 0) is 16.1 Å². The van der Waals surface area contributed by atoms with Gasteiger partial charge in [-0.2, -0.15) is 0 Å². The summed E-state index contributed by atoms with van der Waals surface area (Å²) < 4.78 is 0. The van der Waals surface area contributed by atoms with Crippen LogP contribution in [0.15, 0.2) is 48.5 Å². The van der Waals surface area contributed by atoms with Gasteiger partial charge < -0.3 is 10.0 Å². The van der Waals surface area contributed by atoms with Crippen LogP contribution in [0, 0.1) is 5.92 Å². The Hall–Kier alpha value is -2.55. The van der Waals surface area contributed by atoms with Crippen LogP contribution in [-0.4, -0.2) is 78.1 Å². The third kappa shape index (κ3) is 6.72. The average Bonchev–Trinajstić information content (AvgIpc) is 3.32. The molecule has 1 atom stereocenters. The Morgan fingerprint density at radius 3 is 2.27 bits per heavy atom. The number of carbonyl (C=O) groups is 2. The summed E-state index contributed by atoms with van der Waals surface area (Å²) in [6.07, 6.45) is 1.98. The van der Waals surface area contributed by atoms with Crippen molar-refractivity contribution >= 4 is 41.4 Å². The van der Waals surface area contributed by atoms with Crippen molar-refractivity contribution in [1.29, 1.82) is 0 Å². The molecule has 0 saturated carbocycles. The maximum absolute atomic E-state index is 12.9. The van der Waals surface area contributed by atoms with E-state index in [1.54, 1.807) is 0 Å². The number of aliphatic carboxylic acids is 1. The van der Waals surface area contributed by atoms with E-state index in [0.29, 0.717) is 12.2 Å². The first-order valence-corrected chi connectivity index (χ1v) is 10.9. The molecule has 2 aromatic carbocycles. The first kappa shape index (κ1) is 26.7. The summed E-state index contributed by atoms with van der Waals surface area (Å²) in [5, 5.41) is 23.9. The molecule has 1 amide bonds. The molecule has 0 saturated heterocycles. The maximum atomic E-state index is 12.9. The Morgan fingerprint density at radius 2 is 1.73 bits per heavy atom. The summed E-state index contributed by atoms with van der Waals surface area (Å²) in [6, 6.07) is 14.8. The predicted molar refractivity (Wildman–Crippen MR) is 129 cm³/mol. The minimum atomic E-state index is -0.976. The fourth-order valence-electron chi connectivity index (χ4n) is 3.79. The molecule has 0 aliphatic rings. The number of unbranched alkanes of at least 4 members (excludes halogenated alkanes) is 1. The first-order chi connectivity index (χ1) is 15.4. The van der Waals surface area contributed by atoms with E-state index >= 15 is 0 Å². The van der Waals surface area contributed by atoms with Crippen molar-refractivity contribution in [3.63, 3.8) is 0 Å². The van der Waals surface area contributed by atoms with Gasteiger partial charge in [-0.1, -0.05) is 75.7 Å². The number of hydrogen-bond acceptors (Lipinski definition) is 5. The van der Waals surface area contributed by atoms with E-state index in [0.717, 1.165) is 35.1 Å². The van der Waals surface area contributed by atoms with Crippen molar-refractivity contribution in [2.24, 2.45) is 5.92 Å². The van der Waals surface area contributed by atoms with Crippen LogP contribution in [0.25, 0.3) is 22.5 Å². The molecular weight excluding hydrogens is 429 g/mol. The summed E-state index contributed by atoms with van der Waals surface area (Å²) in [4.78, 5) is 26.3. The van der Waals surface area contributed by atoms with Crippen LogP contribution in [0.1, 0.15) is 45.6 Å². The molecule has 0 bridgehead atoms. The number of nitrogens with zero attached hydrogens (tertiary/aromatic N) is 4. The molecule has 2 N–H and O–H groups in total. The van der Waals surface area contributed by atoms with Crippen molar-refractivity contribution < 1.29 is 14.7 Å². The SMILES string of the molecule is CCCCC(=O)N(Cc1ccc(-c2ccccc2-c2nnn[nH]2)cc1)[C@H](C(=O)O)C(C)C.[NaH]. The topological polar surface area (TPSA) is 112 Å². The summed E-state index contributed by atoms with van der Waals surface area (Å²) in [6.45, 7) is 5.93. The zero-order chi connectivity index (χ0) is 23.1. The quantitative estimate of drug-likeness (QED) is 0.449. The van der Waals surface area contributed by atoms with E-state index in [-0.39, 0.29) is 47.9 Å². The molecule has 0 radical (unpaired) electrons. The van der Waals surface area contributed by atoms with Crippen LogP contribution in [0.3, 0.4) is 0 Å². The zero-order valence-corrected chi connectivity index (χ0v) is 18.7. The third-order valence-corrected chi connectivity index (χ3v) is 5.43. The van der Waals surface area contributed by atoms with E-state index in [9.17, 15) is 14.7 Å². The average molecular weight is 460 g/mol. The molecule has 1 heterocycles. The van der Waals surface area contributed by atoms with E-state index in [1.165, 1.54) is 4.90 Å². The number of hydrogen-bond donors (Lipinski definition) is 2. The second-order valence-electron chi connectivity index (χ2n) is 8.14. The standard InChI is InChI=1S/C24H29N5O3.Na.H/c1-4-5-10-21(30)29(22(16(2)3)24(31)32)15-17-11-13-18(14-12-17)19-8-6-7-9-20(19)23-25-27-28-26-23;;/h6-9,11-14,16,22H,4-5,10,15H2,1-3H3,(H,31,32)(H,25,26,27,28);;/t22-;;/m0../s1. The number of aromatic nitrogens is 4. The third-order valence-electron chi connectivity index (χ3n) is 5.43. The normalized spacial score (nSPS) is 11.6. The van der Waals surface area contributed by atoms with Gasteiger partial charge in [0.2, 0.25) is 5.91 Å². The molecule has 9 heteroatoms. The molecule has 170 valence electrons. The second kappa shape index (κ2) is 12.6. The van der Waals surface area contributed by atoms with Gasteiger partial charge in [0.05, 0.1) is 0 Å². The molecule has 0 unspecified atom stereocenters. The van der Waals surface area contributed by atoms with Gasteiger partial charge in [-0.15, -0.1) is 5.10 Å². The molecule has 0 spiro atoms. The molecule has 33 heavy (non-hydrogen) atoms. The molecule has 1 aromatic heterocycles. The fraction of sp³-hybridized carbons (Fsp3) is 0.375. The van der Waals surface area contributed by atoms with Crippen molar-refractivity contribution in [3.8, 4) is 22.5 Å². The monoisotopic (exact) mass is 459 g/mol. The Morgan fingerprint density at radius 1 is 1.06 bits per heavy atom. The summed E-state index contributed by atoms with van der Waals surface area (Å²) in [5.74, 6) is -0.713. The molecule has 0 aliphatic heterocycles. The number of H-pyrrole nitrogens is 1. The van der Waals surface area contributed by atoms with E-state index < -0.39 is 12.0 Å². The number of tetrazole rings is 1. The van der Waals surface area contributed by atoms with Crippen LogP contribution >= 0.6 is 0 Å². The Kier molecular flexibility index (Phi) is 10.2. The summed E-state index contributed by atoms with van der Waals surface area (Å²) >= 11 is 0. The van der Waals surface area contributed by atoms with E-state index in [2.05, 4.69) is 20.6 Å². The molecule has 3 rings (SSSR count). The molecule has 3 aromatic rings. The zero-order valence-electron chi connectivity index (χ0n) is 18.7. The number of carboxylic acids is 1. The van der Waals surface area contributed by atoms with Gasteiger partial charge in [-0.05, 0) is 39.5 Å². The van der Waals surface area contributed by atoms with Crippen LogP contribution in [0.4, 0.5) is 0 Å². The van der Waals surface area contributed by atoms with Gasteiger partial charge >= 0.3 is 35.5 Å². The van der Waals surface area contributed by atoms with Crippen molar-refractivity contribution in [1.82, 2.24) is 25.5 Å². The van der Waals surface area contributed by atoms with Gasteiger partial charge in [0.25, 0.3) is 0 Å². The van der Waals surface area contributed by atoms with E-state index in [1.807, 2.05) is 69.3 Å². The Labute approximate surface area is 216 Å². The Bertz CT molecular complexity index is 1040. The number of amides is 1. The number of nitrogens with one attached hydrogen (secondary N) is 1. The predicted octanol–water partition coefficient (Wildman–Crippen LogP) is 3.51. The number of aromatic amines is 1. The number of rotatable bonds is 10. The molecule has 8 nitrogen and oxygen atoms in total. The summed E-state index contributed by atoms with van der Waals surface area (Å²) in [5.41, 5.74) is 3.71. The summed E-state index contributed by atoms with van der Waals surface area (Å²) in [7, 11) is 0.